The van der Waals surface area contributed by atoms with E-state index < -0.39 is 0 Å². The fraction of sp³-hybridized carbons (Fsp3) is 0.400. The largest absolute Gasteiger partial charge is 0.336 e. The van der Waals surface area contributed by atoms with E-state index in [-0.39, 0.29) is 0 Å². The number of hydrogen-bond donors (Lipinski definition) is 2. The number of nitrogens with one attached hydrogen (secondary N) is 1. The van der Waals surface area contributed by atoms with Gasteiger partial charge in [0.1, 0.15) is 0 Å². The van der Waals surface area contributed by atoms with Crippen molar-refractivity contribution in [3.05, 3.63) is 39.8 Å². The highest BCUT2D eigenvalue weighted by molar-refractivity contribution is 9.10. The molecule has 0 aliphatic heterocycles. The molecule has 3 nitrogen and oxygen atoms in total. The van der Waals surface area contributed by atoms with Crippen molar-refractivity contribution in [3.8, 4) is 11.3 Å². The number of nitrogens with zero attached hydrogens (tertiary/aromatic N) is 1. The first-order valence-electron chi connectivity index (χ1n) is 6.84. The van der Waals surface area contributed by atoms with Crippen LogP contribution in [0.5, 0.6) is 0 Å². The van der Waals surface area contributed by atoms with E-state index in [0.717, 1.165) is 22.5 Å². The highest BCUT2D eigenvalue weighted by Gasteiger charge is 2.14. The van der Waals surface area contributed by atoms with Gasteiger partial charge < -0.3 is 10.7 Å². The highest BCUT2D eigenvalue weighted by atomic mass is 79.9. The summed E-state index contributed by atoms with van der Waals surface area (Å²) in [4.78, 5) is 7.80. The van der Waals surface area contributed by atoms with Crippen LogP contribution in [0.2, 0.25) is 0 Å². The molecule has 1 aliphatic carbocycles. The van der Waals surface area contributed by atoms with Crippen LogP contribution in [-0.4, -0.2) is 16.5 Å². The number of fused-ring (bicyclic) bond motifs is 1. The van der Waals surface area contributed by atoms with Crippen LogP contribution in [0.15, 0.2) is 22.9 Å². The molecule has 1 aliphatic rings. The summed E-state index contributed by atoms with van der Waals surface area (Å²) >= 11 is 3.42. The van der Waals surface area contributed by atoms with Gasteiger partial charge >= 0.3 is 0 Å². The Morgan fingerprint density at radius 2 is 2.00 bits per heavy atom. The highest BCUT2D eigenvalue weighted by Crippen LogP contribution is 2.29. The van der Waals surface area contributed by atoms with Crippen molar-refractivity contribution in [2.24, 2.45) is 5.73 Å². The van der Waals surface area contributed by atoms with E-state index in [1.54, 1.807) is 0 Å². The first-order chi connectivity index (χ1) is 9.28. The quantitative estimate of drug-likeness (QED) is 0.912. The zero-order valence-corrected chi connectivity index (χ0v) is 12.5. The molecule has 0 fully saturated rings. The van der Waals surface area contributed by atoms with Crippen molar-refractivity contribution >= 4 is 15.9 Å². The maximum Gasteiger partial charge on any atom is 0.175 e. The number of aryl methyl sites for hydroxylation is 2. The number of H-pyrrole nitrogens is 1. The number of hydrogen-bond acceptors (Lipinski definition) is 2. The van der Waals surface area contributed by atoms with Crippen LogP contribution in [0.3, 0.4) is 0 Å². The van der Waals surface area contributed by atoms with Gasteiger partial charge in [0.25, 0.3) is 0 Å². The van der Waals surface area contributed by atoms with Crippen LogP contribution in [0.1, 0.15) is 29.7 Å². The molecule has 0 spiro atoms. The van der Waals surface area contributed by atoms with Gasteiger partial charge in [-0.25, -0.2) is 4.98 Å². The van der Waals surface area contributed by atoms with Crippen molar-refractivity contribution in [2.75, 3.05) is 6.54 Å². The zero-order valence-electron chi connectivity index (χ0n) is 10.9. The van der Waals surface area contributed by atoms with Gasteiger partial charge in [-0.15, -0.1) is 0 Å². The van der Waals surface area contributed by atoms with Crippen molar-refractivity contribution in [2.45, 2.75) is 32.1 Å². The zero-order chi connectivity index (χ0) is 13.2. The van der Waals surface area contributed by atoms with Gasteiger partial charge in [-0.2, -0.15) is 0 Å². The molecule has 3 N–H and O–H groups in total. The van der Waals surface area contributed by atoms with E-state index in [4.69, 9.17) is 5.73 Å². The van der Waals surface area contributed by atoms with Crippen LogP contribution < -0.4 is 5.73 Å². The fourth-order valence-corrected chi connectivity index (χ4v) is 3.24. The maximum atomic E-state index is 5.66. The molecule has 1 aromatic carbocycles. The minimum Gasteiger partial charge on any atom is -0.336 e. The smallest absolute Gasteiger partial charge is 0.175 e. The summed E-state index contributed by atoms with van der Waals surface area (Å²) < 4.78 is 0.781. The third-order valence-electron chi connectivity index (χ3n) is 3.77. The van der Waals surface area contributed by atoms with Crippen LogP contribution in [0, 0.1) is 0 Å². The van der Waals surface area contributed by atoms with Gasteiger partial charge in [-0.05, 0) is 65.4 Å². The molecule has 0 radical (unpaired) electrons. The Morgan fingerprint density at radius 3 is 2.79 bits per heavy atom. The summed E-state index contributed by atoms with van der Waals surface area (Å²) in [5, 5.41) is 0. The lowest BCUT2D eigenvalue weighted by Crippen LogP contribution is -2.05. The Morgan fingerprint density at radius 1 is 1.21 bits per heavy atom. The Balaban J connectivity index is 2.01. The fourth-order valence-electron chi connectivity index (χ4n) is 2.82. The van der Waals surface area contributed by atoms with Crippen LogP contribution in [-0.2, 0) is 19.3 Å². The van der Waals surface area contributed by atoms with Gasteiger partial charge in [0.15, 0.2) is 4.73 Å². The monoisotopic (exact) mass is 319 g/mol. The topological polar surface area (TPSA) is 54.7 Å². The van der Waals surface area contributed by atoms with E-state index in [9.17, 15) is 0 Å². The molecule has 100 valence electrons. The van der Waals surface area contributed by atoms with E-state index in [0.29, 0.717) is 6.54 Å². The summed E-state index contributed by atoms with van der Waals surface area (Å²) in [6.45, 7) is 0.632. The molecule has 0 saturated carbocycles. The molecule has 3 rings (SSSR count). The lowest BCUT2D eigenvalue weighted by atomic mass is 9.89. The molecule has 2 aromatic rings. The van der Waals surface area contributed by atoms with Gasteiger partial charge in [0.05, 0.1) is 5.69 Å². The molecule has 1 heterocycles. The predicted molar refractivity (Wildman–Crippen MR) is 81.1 cm³/mol. The summed E-state index contributed by atoms with van der Waals surface area (Å²) in [6, 6.07) is 6.75. The molecular formula is C15H18BrN3. The summed E-state index contributed by atoms with van der Waals surface area (Å²) in [5.41, 5.74) is 12.0. The second-order valence-electron chi connectivity index (χ2n) is 5.08. The van der Waals surface area contributed by atoms with E-state index in [1.165, 1.54) is 42.4 Å². The third-order valence-corrected chi connectivity index (χ3v) is 4.14. The van der Waals surface area contributed by atoms with E-state index in [1.807, 2.05) is 0 Å². The first-order valence-corrected chi connectivity index (χ1v) is 7.64. The molecule has 0 amide bonds. The van der Waals surface area contributed by atoms with Gasteiger partial charge in [-0.1, -0.05) is 12.1 Å². The molecule has 0 saturated heterocycles. The van der Waals surface area contributed by atoms with Crippen molar-refractivity contribution in [1.82, 2.24) is 9.97 Å². The molecular weight excluding hydrogens is 302 g/mol. The summed E-state index contributed by atoms with van der Waals surface area (Å²) in [5.74, 6) is 0. The first kappa shape index (κ1) is 12.9. The third kappa shape index (κ3) is 2.60. The SMILES string of the molecule is NCCc1[nH]c(Br)nc1-c1ccc2c(c1)CCCC2. The number of halogens is 1. The second-order valence-corrected chi connectivity index (χ2v) is 5.84. The van der Waals surface area contributed by atoms with Crippen LogP contribution in [0.4, 0.5) is 0 Å². The summed E-state index contributed by atoms with van der Waals surface area (Å²) in [7, 11) is 0. The number of nitrogens with two attached hydrogens (primary N) is 1. The molecule has 19 heavy (non-hydrogen) atoms. The molecule has 4 heteroatoms. The van der Waals surface area contributed by atoms with Crippen molar-refractivity contribution < 1.29 is 0 Å². The second kappa shape index (κ2) is 5.47. The minimum absolute atomic E-state index is 0.632. The standard InChI is InChI=1S/C15H18BrN3/c16-15-18-13(7-8-17)14(19-15)12-6-5-10-3-1-2-4-11(10)9-12/h5-6,9H,1-4,7-8,17H2,(H,18,19). The Bertz CT molecular complexity index is 589. The average Bonchev–Trinajstić information content (AvgIpc) is 2.80. The molecule has 1 aromatic heterocycles. The maximum absolute atomic E-state index is 5.66. The number of aromatic amines is 1. The van der Waals surface area contributed by atoms with E-state index >= 15 is 0 Å². The predicted octanol–water partition coefficient (Wildman–Crippen LogP) is 3.22. The van der Waals surface area contributed by atoms with Gasteiger partial charge in [0, 0.05) is 17.7 Å². The summed E-state index contributed by atoms with van der Waals surface area (Å²) in [6.07, 6.45) is 5.86. The lowest BCUT2D eigenvalue weighted by molar-refractivity contribution is 0.686. The van der Waals surface area contributed by atoms with Crippen LogP contribution in [0.25, 0.3) is 11.3 Å². The number of rotatable bonds is 3. The van der Waals surface area contributed by atoms with Gasteiger partial charge in [-0.3, -0.25) is 0 Å². The Labute approximate surface area is 121 Å². The average molecular weight is 320 g/mol. The lowest BCUT2D eigenvalue weighted by Gasteiger charge is -2.16. The van der Waals surface area contributed by atoms with Gasteiger partial charge in [0.2, 0.25) is 0 Å². The molecule has 0 unspecified atom stereocenters. The minimum atomic E-state index is 0.632. The number of benzene rings is 1. The Hall–Kier alpha value is -1.13. The normalized spacial score (nSPS) is 14.4. The van der Waals surface area contributed by atoms with Crippen molar-refractivity contribution in [3.63, 3.8) is 0 Å². The van der Waals surface area contributed by atoms with E-state index in [2.05, 4.69) is 44.1 Å². The van der Waals surface area contributed by atoms with Crippen molar-refractivity contribution in [1.29, 1.82) is 0 Å². The molecule has 0 bridgehead atoms. The number of aromatic nitrogens is 2. The Kier molecular flexibility index (Phi) is 3.71. The van der Waals surface area contributed by atoms with Crippen LogP contribution >= 0.6 is 15.9 Å². The molecule has 0 atom stereocenters. The number of imidazole rings is 1.